The van der Waals surface area contributed by atoms with E-state index in [1.54, 1.807) is 18.6 Å². The van der Waals surface area contributed by atoms with Gasteiger partial charge < -0.3 is 15.7 Å². The van der Waals surface area contributed by atoms with Gasteiger partial charge in [0.15, 0.2) is 5.78 Å². The van der Waals surface area contributed by atoms with Gasteiger partial charge in [0.25, 0.3) is 0 Å². The number of amides is 1. The van der Waals surface area contributed by atoms with Crippen molar-refractivity contribution in [2.45, 2.75) is 50.6 Å². The molecular formula is C25H24N6O3. The molecule has 0 atom stereocenters. The quantitative estimate of drug-likeness (QED) is 0.470. The van der Waals surface area contributed by atoms with Crippen molar-refractivity contribution >= 4 is 28.5 Å². The van der Waals surface area contributed by atoms with E-state index in [1.165, 1.54) is 0 Å². The first-order chi connectivity index (χ1) is 16.5. The fraction of sp³-hybridized carbons (Fsp3) is 0.360. The summed E-state index contributed by atoms with van der Waals surface area (Å²) in [6.07, 6.45) is 8.81. The van der Waals surface area contributed by atoms with Gasteiger partial charge in [-0.3, -0.25) is 9.78 Å². The van der Waals surface area contributed by atoms with Crippen molar-refractivity contribution in [3.8, 4) is 17.2 Å². The van der Waals surface area contributed by atoms with E-state index in [0.29, 0.717) is 5.56 Å². The van der Waals surface area contributed by atoms with E-state index in [-0.39, 0.29) is 29.6 Å². The van der Waals surface area contributed by atoms with E-state index >= 15 is 0 Å². The van der Waals surface area contributed by atoms with Crippen molar-refractivity contribution in [3.05, 3.63) is 48.2 Å². The fourth-order valence-electron chi connectivity index (χ4n) is 4.58. The summed E-state index contributed by atoms with van der Waals surface area (Å²) in [6.45, 7) is 0. The van der Waals surface area contributed by atoms with Crippen molar-refractivity contribution in [3.63, 3.8) is 0 Å². The summed E-state index contributed by atoms with van der Waals surface area (Å²) >= 11 is 0. The molecule has 3 N–H and O–H groups in total. The first kappa shape index (κ1) is 21.8. The minimum Gasteiger partial charge on any atom is -0.465 e. The van der Waals surface area contributed by atoms with Crippen molar-refractivity contribution in [1.29, 1.82) is 5.26 Å². The van der Waals surface area contributed by atoms with Crippen LogP contribution in [0.5, 0.6) is 0 Å². The van der Waals surface area contributed by atoms with Crippen LogP contribution in [0.3, 0.4) is 0 Å². The standard InChI is InChI=1S/C25H24N6O3/c26-10-22-28-11-16(12-29-22)15-3-8-21-19(9-15)23(20(13-27-21)24(32)14-1-2-14)30-17-4-6-18(7-5-17)31-25(33)34/h3,8-9,11-14,17-18,31H,1-2,4-7H2,(H,27,30)(H,33,34)/t17-,18-. The summed E-state index contributed by atoms with van der Waals surface area (Å²) in [5.41, 5.74) is 3.80. The molecule has 9 heteroatoms. The fourth-order valence-corrected chi connectivity index (χ4v) is 4.58. The van der Waals surface area contributed by atoms with E-state index in [1.807, 2.05) is 24.3 Å². The Morgan fingerprint density at radius 2 is 1.65 bits per heavy atom. The molecule has 2 fully saturated rings. The molecule has 0 aliphatic heterocycles. The second-order valence-corrected chi connectivity index (χ2v) is 8.97. The molecule has 2 saturated carbocycles. The first-order valence-corrected chi connectivity index (χ1v) is 11.5. The lowest BCUT2D eigenvalue weighted by atomic mass is 9.90. The van der Waals surface area contributed by atoms with E-state index in [0.717, 1.165) is 66.2 Å². The highest BCUT2D eigenvalue weighted by Crippen LogP contribution is 2.38. The number of nitriles is 1. The lowest BCUT2D eigenvalue weighted by Gasteiger charge is -2.30. The van der Waals surface area contributed by atoms with Crippen LogP contribution in [0, 0.1) is 17.2 Å². The average Bonchev–Trinajstić information content (AvgIpc) is 3.70. The number of aromatic nitrogens is 3. The highest BCUT2D eigenvalue weighted by Gasteiger charge is 2.33. The Bertz CT molecular complexity index is 1290. The number of anilines is 1. The maximum absolute atomic E-state index is 13.1. The third-order valence-corrected chi connectivity index (χ3v) is 6.57. The third-order valence-electron chi connectivity index (χ3n) is 6.57. The Kier molecular flexibility index (Phi) is 5.80. The van der Waals surface area contributed by atoms with Crippen LogP contribution < -0.4 is 10.6 Å². The zero-order chi connectivity index (χ0) is 23.7. The number of carbonyl (C=O) groups is 2. The van der Waals surface area contributed by atoms with Crippen molar-refractivity contribution in [2.75, 3.05) is 5.32 Å². The number of carboxylic acid groups (broad SMARTS) is 1. The Morgan fingerprint density at radius 1 is 0.941 bits per heavy atom. The molecule has 0 radical (unpaired) electrons. The van der Waals surface area contributed by atoms with E-state index in [9.17, 15) is 9.59 Å². The summed E-state index contributed by atoms with van der Waals surface area (Å²) in [5.74, 6) is 0.287. The molecule has 2 heterocycles. The molecular weight excluding hydrogens is 432 g/mol. The number of fused-ring (bicyclic) bond motifs is 1. The van der Waals surface area contributed by atoms with E-state index in [2.05, 4.69) is 25.6 Å². The lowest BCUT2D eigenvalue weighted by Crippen LogP contribution is -2.39. The summed E-state index contributed by atoms with van der Waals surface area (Å²) in [5, 5.41) is 25.0. The van der Waals surface area contributed by atoms with Crippen LogP contribution in [-0.2, 0) is 0 Å². The Balaban J connectivity index is 1.50. The van der Waals surface area contributed by atoms with Gasteiger partial charge >= 0.3 is 6.09 Å². The number of rotatable bonds is 6. The lowest BCUT2D eigenvalue weighted by molar-refractivity contribution is 0.0968. The molecule has 2 aliphatic carbocycles. The molecule has 2 aromatic heterocycles. The number of nitrogens with one attached hydrogen (secondary N) is 2. The highest BCUT2D eigenvalue weighted by molar-refractivity contribution is 6.10. The predicted octanol–water partition coefficient (Wildman–Crippen LogP) is 4.15. The molecule has 2 aliphatic rings. The van der Waals surface area contributed by atoms with Crippen molar-refractivity contribution in [2.24, 2.45) is 5.92 Å². The molecule has 0 unspecified atom stereocenters. The van der Waals surface area contributed by atoms with Crippen molar-refractivity contribution in [1.82, 2.24) is 20.3 Å². The van der Waals surface area contributed by atoms with Gasteiger partial charge in [-0.2, -0.15) is 5.26 Å². The van der Waals surface area contributed by atoms with Crippen molar-refractivity contribution < 1.29 is 14.7 Å². The van der Waals surface area contributed by atoms with Crippen LogP contribution in [0.4, 0.5) is 10.5 Å². The van der Waals surface area contributed by atoms with Gasteiger partial charge in [0.05, 0.1) is 16.8 Å². The number of pyridine rings is 1. The second kappa shape index (κ2) is 9.06. The number of hydrogen-bond acceptors (Lipinski definition) is 7. The van der Waals surface area contributed by atoms with Gasteiger partial charge in [-0.05, 0) is 56.2 Å². The number of ketones is 1. The van der Waals surface area contributed by atoms with E-state index in [4.69, 9.17) is 10.4 Å². The highest BCUT2D eigenvalue weighted by atomic mass is 16.4. The third kappa shape index (κ3) is 4.53. The van der Waals surface area contributed by atoms with Crippen LogP contribution >= 0.6 is 0 Å². The smallest absolute Gasteiger partial charge is 0.404 e. The molecule has 0 spiro atoms. The zero-order valence-corrected chi connectivity index (χ0v) is 18.5. The number of carbonyl (C=O) groups excluding carboxylic acids is 1. The minimum absolute atomic E-state index is 0.0414. The van der Waals surface area contributed by atoms with Crippen LogP contribution in [-0.4, -0.2) is 44.0 Å². The second-order valence-electron chi connectivity index (χ2n) is 8.97. The molecule has 1 aromatic carbocycles. The molecule has 1 amide bonds. The zero-order valence-electron chi connectivity index (χ0n) is 18.5. The normalized spacial score (nSPS) is 19.9. The van der Waals surface area contributed by atoms with Crippen LogP contribution in [0.1, 0.15) is 54.7 Å². The van der Waals surface area contributed by atoms with Gasteiger partial charge in [0, 0.05) is 47.5 Å². The maximum atomic E-state index is 13.1. The molecule has 5 rings (SSSR count). The molecule has 3 aromatic rings. The number of Topliss-reactive ketones (excluding diaryl/α,β-unsaturated/α-hetero) is 1. The number of benzene rings is 1. The summed E-state index contributed by atoms with van der Waals surface area (Å²) in [7, 11) is 0. The Hall–Kier alpha value is -4.06. The van der Waals surface area contributed by atoms with Gasteiger partial charge in [-0.15, -0.1) is 0 Å². The Morgan fingerprint density at radius 3 is 2.29 bits per heavy atom. The summed E-state index contributed by atoms with van der Waals surface area (Å²) < 4.78 is 0. The topological polar surface area (TPSA) is 141 Å². The van der Waals surface area contributed by atoms with Crippen LogP contribution in [0.15, 0.2) is 36.8 Å². The molecule has 172 valence electrons. The van der Waals surface area contributed by atoms with Gasteiger partial charge in [-0.1, -0.05) is 6.07 Å². The van der Waals surface area contributed by atoms with Gasteiger partial charge in [0.1, 0.15) is 6.07 Å². The average molecular weight is 457 g/mol. The predicted molar refractivity (Wildman–Crippen MR) is 125 cm³/mol. The van der Waals surface area contributed by atoms with Gasteiger partial charge in [0.2, 0.25) is 5.82 Å². The molecule has 0 saturated heterocycles. The monoisotopic (exact) mass is 456 g/mol. The largest absolute Gasteiger partial charge is 0.465 e. The van der Waals surface area contributed by atoms with E-state index < -0.39 is 6.09 Å². The molecule has 0 bridgehead atoms. The number of hydrogen-bond donors (Lipinski definition) is 3. The Labute approximate surface area is 196 Å². The summed E-state index contributed by atoms with van der Waals surface area (Å²) in [6, 6.07) is 7.83. The molecule has 34 heavy (non-hydrogen) atoms. The summed E-state index contributed by atoms with van der Waals surface area (Å²) in [4.78, 5) is 36.8. The van der Waals surface area contributed by atoms with Gasteiger partial charge in [-0.25, -0.2) is 14.8 Å². The molecule has 9 nitrogen and oxygen atoms in total. The van der Waals surface area contributed by atoms with Crippen LogP contribution in [0.25, 0.3) is 22.0 Å². The first-order valence-electron chi connectivity index (χ1n) is 11.5. The SMILES string of the molecule is N#Cc1ncc(-c2ccc3ncc(C(=O)C4CC4)c(N[C@H]4CC[C@H](NC(=O)O)CC4)c3c2)cn1. The van der Waals surface area contributed by atoms with Crippen LogP contribution in [0.2, 0.25) is 0 Å². The minimum atomic E-state index is -0.992. The maximum Gasteiger partial charge on any atom is 0.404 e. The number of nitrogens with zero attached hydrogens (tertiary/aromatic N) is 4.